The maximum atomic E-state index is 14.2. The van der Waals surface area contributed by atoms with Crippen LogP contribution < -0.4 is 4.90 Å². The average Bonchev–Trinajstić information content (AvgIpc) is 3.58. The van der Waals surface area contributed by atoms with Gasteiger partial charge in [0.1, 0.15) is 0 Å². The second kappa shape index (κ2) is 9.34. The van der Waals surface area contributed by atoms with E-state index < -0.39 is 5.92 Å². The summed E-state index contributed by atoms with van der Waals surface area (Å²) in [6.07, 6.45) is 4.55. The van der Waals surface area contributed by atoms with Crippen LogP contribution in [0.5, 0.6) is 0 Å². The number of H-pyrrole nitrogens is 1. The number of halogens is 3. The zero-order valence-electron chi connectivity index (χ0n) is 21.7. The number of nitrogens with zero attached hydrogens (tertiary/aromatic N) is 6. The van der Waals surface area contributed by atoms with Crippen LogP contribution in [-0.4, -0.2) is 86.9 Å². The van der Waals surface area contributed by atoms with Gasteiger partial charge in [-0.2, -0.15) is 10.2 Å². The summed E-state index contributed by atoms with van der Waals surface area (Å²) in [5.74, 6) is -1.93. The highest BCUT2D eigenvalue weighted by Crippen LogP contribution is 2.45. The van der Waals surface area contributed by atoms with E-state index in [1.165, 1.54) is 6.08 Å². The highest BCUT2D eigenvalue weighted by molar-refractivity contribution is 6.36. The quantitative estimate of drug-likeness (QED) is 0.488. The molecule has 0 bridgehead atoms. The molecule has 0 saturated carbocycles. The molecule has 3 aliphatic rings. The van der Waals surface area contributed by atoms with Gasteiger partial charge >= 0.3 is 0 Å². The maximum absolute atomic E-state index is 14.2. The Morgan fingerprint density at radius 2 is 1.95 bits per heavy atom. The molecule has 3 aromatic rings. The number of aromatic amines is 1. The Morgan fingerprint density at radius 1 is 1.18 bits per heavy atom. The summed E-state index contributed by atoms with van der Waals surface area (Å²) in [6.45, 7) is 10.4. The van der Waals surface area contributed by atoms with Gasteiger partial charge in [-0.15, -0.1) is 0 Å². The van der Waals surface area contributed by atoms with E-state index in [4.69, 9.17) is 16.7 Å². The van der Waals surface area contributed by atoms with Crippen LogP contribution in [0.1, 0.15) is 36.6 Å². The number of carbonyl (C=O) groups is 1. The summed E-state index contributed by atoms with van der Waals surface area (Å²) >= 11 is 6.98. The van der Waals surface area contributed by atoms with Crippen LogP contribution in [0.3, 0.4) is 0 Å². The van der Waals surface area contributed by atoms with Crippen molar-refractivity contribution in [1.29, 1.82) is 0 Å². The number of nitrogens with one attached hydrogen (secondary N) is 1. The maximum Gasteiger partial charge on any atom is 0.262 e. The predicted octanol–water partition coefficient (Wildman–Crippen LogP) is 4.58. The number of alkyl halides is 2. The molecule has 3 fully saturated rings. The van der Waals surface area contributed by atoms with Gasteiger partial charge in [-0.3, -0.25) is 19.5 Å². The summed E-state index contributed by atoms with van der Waals surface area (Å²) in [7, 11) is 0. The Kier molecular flexibility index (Phi) is 6.22. The molecule has 1 aromatic carbocycles. The average molecular weight is 544 g/mol. The van der Waals surface area contributed by atoms with Crippen molar-refractivity contribution in [2.24, 2.45) is 0 Å². The normalized spacial score (nSPS) is 22.3. The van der Waals surface area contributed by atoms with E-state index in [0.29, 0.717) is 37.7 Å². The molecule has 6 rings (SSSR count). The molecule has 2 aromatic heterocycles. The number of hydrogen-bond donors (Lipinski definition) is 1. The first-order valence-corrected chi connectivity index (χ1v) is 13.5. The minimum atomic E-state index is -2.65. The molecular formula is C27H32ClF2N7O. The van der Waals surface area contributed by atoms with Gasteiger partial charge < -0.3 is 9.80 Å². The van der Waals surface area contributed by atoms with Crippen LogP contribution in [-0.2, 0) is 4.79 Å². The van der Waals surface area contributed by atoms with E-state index >= 15 is 0 Å². The number of aryl methyl sites for hydroxylation is 1. The van der Waals surface area contributed by atoms with Gasteiger partial charge in [-0.05, 0) is 44.4 Å². The molecule has 1 amide bonds. The third-order valence-corrected chi connectivity index (χ3v) is 8.90. The number of likely N-dealkylation sites (tertiary alicyclic amines) is 1. The van der Waals surface area contributed by atoms with Crippen molar-refractivity contribution in [1.82, 2.24) is 29.8 Å². The standard InChI is InChI=1S/C27H32ClF2N7O/c1-4-22(38)34-7-5-18(6-8-34)37-17(3)23(24-20-13-31-32-21(20)11-16(2)25(24)28)26(33-37)35-9-10-36-15-27(29,30)12-19(36)14-35/h4,11,13,18-19H,1,5-10,12,14-15H2,2-3H3,(H,31,32)/t19-/m0/s1. The Balaban J connectivity index is 1.44. The number of rotatable bonds is 4. The topological polar surface area (TPSA) is 73.3 Å². The van der Waals surface area contributed by atoms with Crippen LogP contribution >= 0.6 is 11.6 Å². The van der Waals surface area contributed by atoms with E-state index in [0.717, 1.165) is 51.9 Å². The lowest BCUT2D eigenvalue weighted by atomic mass is 9.97. The van der Waals surface area contributed by atoms with Crippen molar-refractivity contribution < 1.29 is 13.6 Å². The smallest absolute Gasteiger partial charge is 0.262 e. The lowest BCUT2D eigenvalue weighted by molar-refractivity contribution is -0.127. The molecule has 202 valence electrons. The van der Waals surface area contributed by atoms with Gasteiger partial charge in [-0.25, -0.2) is 8.78 Å². The lowest BCUT2D eigenvalue weighted by Gasteiger charge is -2.37. The number of fused-ring (bicyclic) bond motifs is 2. The molecule has 38 heavy (non-hydrogen) atoms. The van der Waals surface area contributed by atoms with Gasteiger partial charge in [0.15, 0.2) is 5.82 Å². The zero-order chi connectivity index (χ0) is 26.8. The van der Waals surface area contributed by atoms with E-state index in [2.05, 4.69) is 33.3 Å². The highest BCUT2D eigenvalue weighted by Gasteiger charge is 2.47. The minimum Gasteiger partial charge on any atom is -0.352 e. The molecule has 3 aliphatic heterocycles. The number of benzene rings is 1. The van der Waals surface area contributed by atoms with Gasteiger partial charge in [-0.1, -0.05) is 18.2 Å². The molecule has 3 saturated heterocycles. The molecular weight excluding hydrogens is 512 g/mol. The number of piperazine rings is 1. The molecule has 1 atom stereocenters. The minimum absolute atomic E-state index is 0.0536. The molecule has 0 unspecified atom stereocenters. The van der Waals surface area contributed by atoms with Crippen molar-refractivity contribution in [3.63, 3.8) is 0 Å². The molecule has 0 spiro atoms. The van der Waals surface area contributed by atoms with Crippen LogP contribution in [0.4, 0.5) is 14.6 Å². The monoisotopic (exact) mass is 543 g/mol. The summed E-state index contributed by atoms with van der Waals surface area (Å²) in [5, 5.41) is 14.0. The summed E-state index contributed by atoms with van der Waals surface area (Å²) < 4.78 is 30.5. The Labute approximate surface area is 225 Å². The fraction of sp³-hybridized carbons (Fsp3) is 0.519. The van der Waals surface area contributed by atoms with Gasteiger partial charge in [0.2, 0.25) is 5.91 Å². The van der Waals surface area contributed by atoms with Crippen LogP contribution in [0.25, 0.3) is 22.0 Å². The summed E-state index contributed by atoms with van der Waals surface area (Å²) in [5.41, 5.74) is 4.58. The van der Waals surface area contributed by atoms with E-state index in [1.807, 2.05) is 22.8 Å². The van der Waals surface area contributed by atoms with E-state index in [-0.39, 0.29) is 31.0 Å². The number of aromatic nitrogens is 4. The SMILES string of the molecule is C=CC(=O)N1CCC(n2nc(N3CCN4CC(F)(F)C[C@H]4C3)c(-c3c(Cl)c(C)cc4[nH]ncc34)c2C)CC1. The molecule has 0 aliphatic carbocycles. The number of amides is 1. The molecule has 8 nitrogen and oxygen atoms in total. The number of hydrogen-bond acceptors (Lipinski definition) is 5. The van der Waals surface area contributed by atoms with Gasteiger partial charge in [0, 0.05) is 67.4 Å². The molecule has 5 heterocycles. The number of piperidine rings is 1. The fourth-order valence-electron chi connectivity index (χ4n) is 6.47. The lowest BCUT2D eigenvalue weighted by Crippen LogP contribution is -2.50. The Bertz CT molecular complexity index is 1410. The van der Waals surface area contributed by atoms with Crippen molar-refractivity contribution in [2.75, 3.05) is 44.2 Å². The number of anilines is 1. The first-order chi connectivity index (χ1) is 18.2. The predicted molar refractivity (Wildman–Crippen MR) is 144 cm³/mol. The van der Waals surface area contributed by atoms with Crippen LogP contribution in [0.2, 0.25) is 5.02 Å². The molecule has 1 N–H and O–H groups in total. The van der Waals surface area contributed by atoms with Gasteiger partial charge in [0.05, 0.1) is 29.3 Å². The Morgan fingerprint density at radius 3 is 2.68 bits per heavy atom. The van der Waals surface area contributed by atoms with Crippen molar-refractivity contribution in [2.45, 2.75) is 51.1 Å². The zero-order valence-corrected chi connectivity index (χ0v) is 22.4. The third kappa shape index (κ3) is 4.18. The first-order valence-electron chi connectivity index (χ1n) is 13.2. The number of carbonyl (C=O) groups excluding carboxylic acids is 1. The molecule has 11 heteroatoms. The van der Waals surface area contributed by atoms with E-state index in [1.54, 1.807) is 6.20 Å². The second-order valence-electron chi connectivity index (χ2n) is 10.8. The largest absolute Gasteiger partial charge is 0.352 e. The van der Waals surface area contributed by atoms with Crippen LogP contribution in [0.15, 0.2) is 24.9 Å². The Hall–Kier alpha value is -2.98. The summed E-state index contributed by atoms with van der Waals surface area (Å²) in [4.78, 5) is 18.0. The van der Waals surface area contributed by atoms with Crippen molar-refractivity contribution >= 4 is 34.2 Å². The van der Waals surface area contributed by atoms with Crippen molar-refractivity contribution in [3.05, 3.63) is 41.2 Å². The highest BCUT2D eigenvalue weighted by atomic mass is 35.5. The fourth-order valence-corrected chi connectivity index (χ4v) is 6.72. The molecule has 0 radical (unpaired) electrons. The first kappa shape index (κ1) is 25.3. The van der Waals surface area contributed by atoms with Gasteiger partial charge in [0.25, 0.3) is 5.92 Å². The second-order valence-corrected chi connectivity index (χ2v) is 11.2. The third-order valence-electron chi connectivity index (χ3n) is 8.42. The van der Waals surface area contributed by atoms with Crippen molar-refractivity contribution in [3.8, 4) is 11.1 Å². The van der Waals surface area contributed by atoms with Crippen LogP contribution in [0, 0.1) is 13.8 Å². The summed E-state index contributed by atoms with van der Waals surface area (Å²) in [6, 6.07) is 1.88. The van der Waals surface area contributed by atoms with E-state index in [9.17, 15) is 13.6 Å².